The normalized spacial score (nSPS) is 12.6. The molecule has 16 heavy (non-hydrogen) atoms. The molecule has 0 saturated carbocycles. The maximum absolute atomic E-state index is 11.4. The molecular weight excluding hydrogens is 226 g/mol. The summed E-state index contributed by atoms with van der Waals surface area (Å²) in [5.74, 6) is -0.622. The van der Waals surface area contributed by atoms with Gasteiger partial charge in [0.15, 0.2) is 6.10 Å². The lowest BCUT2D eigenvalue weighted by Crippen LogP contribution is -2.15. The molecule has 0 aliphatic heterocycles. The van der Waals surface area contributed by atoms with Crippen LogP contribution >= 0.6 is 11.5 Å². The lowest BCUT2D eigenvalue weighted by Gasteiger charge is -2.10. The average Bonchev–Trinajstić information content (AvgIpc) is 2.76. The summed E-state index contributed by atoms with van der Waals surface area (Å²) in [6, 6.07) is 5.39. The number of esters is 1. The van der Waals surface area contributed by atoms with E-state index in [2.05, 4.69) is 4.37 Å². The molecule has 0 saturated heterocycles. The van der Waals surface area contributed by atoms with Crippen LogP contribution in [0, 0.1) is 0 Å². The molecule has 4 nitrogen and oxygen atoms in total. The molecule has 0 aliphatic carbocycles. The second-order valence-electron chi connectivity index (χ2n) is 3.25. The summed E-state index contributed by atoms with van der Waals surface area (Å²) in [6.45, 7) is 1.96. The maximum atomic E-state index is 11.4. The SMILES string of the molecule is CCOC(=O)C(O)c1cccc2cnsc12. The molecule has 0 bridgehead atoms. The van der Waals surface area contributed by atoms with Crippen LogP contribution in [0.15, 0.2) is 24.4 Å². The molecule has 0 radical (unpaired) electrons. The van der Waals surface area contributed by atoms with Crippen molar-refractivity contribution in [3.05, 3.63) is 30.0 Å². The van der Waals surface area contributed by atoms with Gasteiger partial charge in [-0.1, -0.05) is 18.2 Å². The van der Waals surface area contributed by atoms with Gasteiger partial charge in [0.25, 0.3) is 0 Å². The van der Waals surface area contributed by atoms with Crippen LogP contribution in [0.25, 0.3) is 10.1 Å². The van der Waals surface area contributed by atoms with Gasteiger partial charge in [0.1, 0.15) is 0 Å². The van der Waals surface area contributed by atoms with Crippen molar-refractivity contribution in [1.82, 2.24) is 4.37 Å². The van der Waals surface area contributed by atoms with E-state index in [9.17, 15) is 9.90 Å². The molecule has 2 aromatic rings. The molecular formula is C11H11NO3S. The summed E-state index contributed by atoms with van der Waals surface area (Å²) in [7, 11) is 0. The largest absolute Gasteiger partial charge is 0.464 e. The van der Waals surface area contributed by atoms with E-state index in [0.29, 0.717) is 5.56 Å². The van der Waals surface area contributed by atoms with E-state index in [1.165, 1.54) is 11.5 Å². The first-order valence-electron chi connectivity index (χ1n) is 4.92. The van der Waals surface area contributed by atoms with Crippen molar-refractivity contribution in [3.8, 4) is 0 Å². The monoisotopic (exact) mass is 237 g/mol. The minimum absolute atomic E-state index is 0.258. The number of nitrogens with zero attached hydrogens (tertiary/aromatic N) is 1. The quantitative estimate of drug-likeness (QED) is 0.828. The van der Waals surface area contributed by atoms with Gasteiger partial charge in [0.2, 0.25) is 0 Å². The molecule has 0 fully saturated rings. The Labute approximate surface area is 96.6 Å². The molecule has 1 atom stereocenters. The van der Waals surface area contributed by atoms with Gasteiger partial charge in [0, 0.05) is 17.1 Å². The Morgan fingerprint density at radius 1 is 1.62 bits per heavy atom. The predicted molar refractivity (Wildman–Crippen MR) is 61.2 cm³/mol. The number of aliphatic hydroxyl groups is 1. The van der Waals surface area contributed by atoms with Crippen LogP contribution in [0.5, 0.6) is 0 Å². The van der Waals surface area contributed by atoms with E-state index in [4.69, 9.17) is 4.74 Å². The zero-order valence-electron chi connectivity index (χ0n) is 8.71. The zero-order valence-corrected chi connectivity index (χ0v) is 9.53. The molecule has 0 amide bonds. The van der Waals surface area contributed by atoms with E-state index in [-0.39, 0.29) is 6.61 Å². The number of rotatable bonds is 3. The van der Waals surface area contributed by atoms with Crippen LogP contribution in [0.2, 0.25) is 0 Å². The van der Waals surface area contributed by atoms with Crippen molar-refractivity contribution in [3.63, 3.8) is 0 Å². The van der Waals surface area contributed by atoms with Crippen LogP contribution in [0.4, 0.5) is 0 Å². The van der Waals surface area contributed by atoms with E-state index < -0.39 is 12.1 Å². The first kappa shape index (κ1) is 11.0. The highest BCUT2D eigenvalue weighted by Crippen LogP contribution is 2.27. The highest BCUT2D eigenvalue weighted by Gasteiger charge is 2.21. The topological polar surface area (TPSA) is 59.4 Å². The van der Waals surface area contributed by atoms with Crippen molar-refractivity contribution in [2.75, 3.05) is 6.61 Å². The van der Waals surface area contributed by atoms with Gasteiger partial charge in [-0.15, -0.1) is 0 Å². The van der Waals surface area contributed by atoms with Crippen LogP contribution in [-0.2, 0) is 9.53 Å². The van der Waals surface area contributed by atoms with Crippen molar-refractivity contribution in [2.45, 2.75) is 13.0 Å². The third-order valence-electron chi connectivity index (χ3n) is 2.22. The van der Waals surface area contributed by atoms with E-state index in [1.54, 1.807) is 25.3 Å². The number of ether oxygens (including phenoxy) is 1. The van der Waals surface area contributed by atoms with Crippen LogP contribution in [-0.4, -0.2) is 22.1 Å². The molecule has 5 heteroatoms. The van der Waals surface area contributed by atoms with Gasteiger partial charge in [-0.2, -0.15) is 4.37 Å². The minimum Gasteiger partial charge on any atom is -0.464 e. The Morgan fingerprint density at radius 3 is 3.19 bits per heavy atom. The van der Waals surface area contributed by atoms with Crippen LogP contribution in [0.1, 0.15) is 18.6 Å². The van der Waals surface area contributed by atoms with Gasteiger partial charge in [-0.3, -0.25) is 0 Å². The smallest absolute Gasteiger partial charge is 0.339 e. The van der Waals surface area contributed by atoms with E-state index in [1.807, 2.05) is 6.07 Å². The van der Waals surface area contributed by atoms with E-state index >= 15 is 0 Å². The lowest BCUT2D eigenvalue weighted by atomic mass is 10.1. The lowest BCUT2D eigenvalue weighted by molar-refractivity contribution is -0.153. The second-order valence-corrected chi connectivity index (χ2v) is 4.05. The van der Waals surface area contributed by atoms with Crippen molar-refractivity contribution < 1.29 is 14.6 Å². The number of aliphatic hydroxyl groups excluding tert-OH is 1. The van der Waals surface area contributed by atoms with Gasteiger partial charge in [0.05, 0.1) is 11.3 Å². The summed E-state index contributed by atoms with van der Waals surface area (Å²) in [5.41, 5.74) is 0.554. The summed E-state index contributed by atoms with van der Waals surface area (Å²) < 4.78 is 9.63. The number of aromatic nitrogens is 1. The predicted octanol–water partition coefficient (Wildman–Crippen LogP) is 1.89. The number of carbonyl (C=O) groups is 1. The third-order valence-corrected chi connectivity index (χ3v) is 3.08. The number of benzene rings is 1. The second kappa shape index (κ2) is 4.59. The van der Waals surface area contributed by atoms with Crippen molar-refractivity contribution >= 4 is 27.6 Å². The molecule has 1 heterocycles. The molecule has 84 valence electrons. The molecule has 0 aliphatic rings. The average molecular weight is 237 g/mol. The first-order valence-corrected chi connectivity index (χ1v) is 5.69. The maximum Gasteiger partial charge on any atom is 0.339 e. The molecule has 1 unspecified atom stereocenters. The number of fused-ring (bicyclic) bond motifs is 1. The Hall–Kier alpha value is -1.46. The molecule has 1 aromatic carbocycles. The van der Waals surface area contributed by atoms with Crippen LogP contribution in [0.3, 0.4) is 0 Å². The first-order chi connectivity index (χ1) is 7.74. The van der Waals surface area contributed by atoms with Gasteiger partial charge in [-0.25, -0.2) is 4.79 Å². The fourth-order valence-corrected chi connectivity index (χ4v) is 2.26. The Kier molecular flexibility index (Phi) is 3.17. The minimum atomic E-state index is -1.23. The number of hydrogen-bond donors (Lipinski definition) is 1. The molecule has 2 rings (SSSR count). The zero-order chi connectivity index (χ0) is 11.5. The summed E-state index contributed by atoms with van der Waals surface area (Å²) in [4.78, 5) is 11.4. The fourth-order valence-electron chi connectivity index (χ4n) is 1.48. The Bertz CT molecular complexity index is 509. The molecule has 1 N–H and O–H groups in total. The Morgan fingerprint density at radius 2 is 2.44 bits per heavy atom. The molecule has 0 spiro atoms. The van der Waals surface area contributed by atoms with Gasteiger partial charge < -0.3 is 9.84 Å². The highest BCUT2D eigenvalue weighted by molar-refractivity contribution is 7.13. The standard InChI is InChI=1S/C11H11NO3S/c1-2-15-11(14)9(13)8-5-3-4-7-6-12-16-10(7)8/h3-6,9,13H,2H2,1H3. The van der Waals surface area contributed by atoms with Crippen molar-refractivity contribution in [2.24, 2.45) is 0 Å². The van der Waals surface area contributed by atoms with Crippen molar-refractivity contribution in [1.29, 1.82) is 0 Å². The fraction of sp³-hybridized carbons (Fsp3) is 0.273. The van der Waals surface area contributed by atoms with E-state index in [0.717, 1.165) is 10.1 Å². The summed E-state index contributed by atoms with van der Waals surface area (Å²) in [5, 5.41) is 10.8. The van der Waals surface area contributed by atoms with Gasteiger partial charge in [-0.05, 0) is 18.5 Å². The van der Waals surface area contributed by atoms with Gasteiger partial charge >= 0.3 is 5.97 Å². The summed E-state index contributed by atoms with van der Waals surface area (Å²) in [6.07, 6.45) is 0.477. The third kappa shape index (κ3) is 1.91. The molecule has 1 aromatic heterocycles. The highest BCUT2D eigenvalue weighted by atomic mass is 32.1. The number of hydrogen-bond acceptors (Lipinski definition) is 5. The number of carbonyl (C=O) groups excluding carboxylic acids is 1. The Balaban J connectivity index is 2.39. The summed E-state index contributed by atoms with van der Waals surface area (Å²) >= 11 is 1.26. The van der Waals surface area contributed by atoms with Crippen LogP contribution < -0.4 is 0 Å².